The summed E-state index contributed by atoms with van der Waals surface area (Å²) in [7, 11) is 0. The first kappa shape index (κ1) is 15.0. The number of aliphatic hydroxyl groups excluding tert-OH is 1. The van der Waals surface area contributed by atoms with Gasteiger partial charge in [0.1, 0.15) is 12.7 Å². The lowest BCUT2D eigenvalue weighted by molar-refractivity contribution is -0.385. The van der Waals surface area contributed by atoms with Crippen LogP contribution in [0.3, 0.4) is 0 Å². The maximum absolute atomic E-state index is 11.0. The Morgan fingerprint density at radius 3 is 2.57 bits per heavy atom. The normalized spacial score (nSPS) is 11.9. The van der Waals surface area contributed by atoms with Crippen LogP contribution < -0.4 is 10.5 Å². The van der Waals surface area contributed by atoms with E-state index in [2.05, 4.69) is 0 Å². The van der Waals surface area contributed by atoms with Crippen LogP contribution in [0.25, 0.3) is 0 Å². The molecule has 0 aliphatic carbocycles. The zero-order valence-corrected chi connectivity index (χ0v) is 11.3. The molecule has 2 rings (SSSR count). The van der Waals surface area contributed by atoms with E-state index in [1.54, 1.807) is 30.3 Å². The van der Waals surface area contributed by atoms with E-state index >= 15 is 0 Å². The van der Waals surface area contributed by atoms with E-state index in [0.717, 1.165) is 5.56 Å². The van der Waals surface area contributed by atoms with Gasteiger partial charge in [0, 0.05) is 12.6 Å². The monoisotopic (exact) mass is 288 g/mol. The predicted molar refractivity (Wildman–Crippen MR) is 77.9 cm³/mol. The third kappa shape index (κ3) is 3.77. The molecule has 0 spiro atoms. The minimum atomic E-state index is -0.854. The number of nitrogens with two attached hydrogens (primary N) is 1. The zero-order valence-electron chi connectivity index (χ0n) is 11.3. The molecule has 1 unspecified atom stereocenters. The van der Waals surface area contributed by atoms with Crippen molar-refractivity contribution in [3.8, 4) is 5.75 Å². The molecular formula is C15H16N2O4. The third-order valence-corrected chi connectivity index (χ3v) is 3.04. The molecule has 0 amide bonds. The average molecular weight is 288 g/mol. The summed E-state index contributed by atoms with van der Waals surface area (Å²) in [4.78, 5) is 10.4. The van der Waals surface area contributed by atoms with Crippen molar-refractivity contribution in [3.05, 3.63) is 69.8 Å². The van der Waals surface area contributed by atoms with Crippen LogP contribution in [0, 0.1) is 10.1 Å². The van der Waals surface area contributed by atoms with Gasteiger partial charge >= 0.3 is 5.69 Å². The van der Waals surface area contributed by atoms with Crippen molar-refractivity contribution in [1.82, 2.24) is 0 Å². The molecule has 6 heteroatoms. The van der Waals surface area contributed by atoms with E-state index in [0.29, 0.717) is 5.56 Å². The molecule has 0 radical (unpaired) electrons. The molecule has 2 aromatic carbocycles. The SMILES string of the molecule is NCc1ccc([N+](=O)[O-])c(OCC(O)c2ccccc2)c1. The lowest BCUT2D eigenvalue weighted by Crippen LogP contribution is -2.11. The van der Waals surface area contributed by atoms with E-state index in [1.807, 2.05) is 6.07 Å². The summed E-state index contributed by atoms with van der Waals surface area (Å²) in [5.74, 6) is 0.109. The number of nitro benzene ring substituents is 1. The van der Waals surface area contributed by atoms with Gasteiger partial charge < -0.3 is 15.6 Å². The summed E-state index contributed by atoms with van der Waals surface area (Å²) in [6.45, 7) is 0.189. The second kappa shape index (κ2) is 6.83. The van der Waals surface area contributed by atoms with Crippen LogP contribution in [0.2, 0.25) is 0 Å². The minimum Gasteiger partial charge on any atom is -0.484 e. The number of nitro groups is 1. The molecule has 110 valence electrons. The number of nitrogens with zero attached hydrogens (tertiary/aromatic N) is 1. The quantitative estimate of drug-likeness (QED) is 0.627. The van der Waals surface area contributed by atoms with E-state index in [1.165, 1.54) is 12.1 Å². The van der Waals surface area contributed by atoms with Gasteiger partial charge in [-0.2, -0.15) is 0 Å². The fourth-order valence-electron chi connectivity index (χ4n) is 1.89. The van der Waals surface area contributed by atoms with Crippen LogP contribution in [-0.2, 0) is 6.54 Å². The Hall–Kier alpha value is -2.44. The Bertz CT molecular complexity index is 616. The van der Waals surface area contributed by atoms with Gasteiger partial charge in [-0.05, 0) is 17.2 Å². The van der Waals surface area contributed by atoms with Crippen LogP contribution in [0.5, 0.6) is 5.75 Å². The van der Waals surface area contributed by atoms with E-state index in [9.17, 15) is 15.2 Å². The van der Waals surface area contributed by atoms with Crippen molar-refractivity contribution in [2.75, 3.05) is 6.61 Å². The van der Waals surface area contributed by atoms with Crippen molar-refractivity contribution in [3.63, 3.8) is 0 Å². The average Bonchev–Trinajstić information content (AvgIpc) is 2.52. The number of hydrogen-bond acceptors (Lipinski definition) is 5. The molecule has 0 saturated carbocycles. The largest absolute Gasteiger partial charge is 0.484 e. The summed E-state index contributed by atoms with van der Waals surface area (Å²) in [6.07, 6.45) is -0.854. The highest BCUT2D eigenvalue weighted by atomic mass is 16.6. The Morgan fingerprint density at radius 1 is 1.24 bits per heavy atom. The highest BCUT2D eigenvalue weighted by Gasteiger charge is 2.17. The molecule has 0 aromatic heterocycles. The Labute approximate surface area is 121 Å². The number of hydrogen-bond donors (Lipinski definition) is 2. The van der Waals surface area contributed by atoms with Gasteiger partial charge in [-0.15, -0.1) is 0 Å². The van der Waals surface area contributed by atoms with Gasteiger partial charge in [-0.25, -0.2) is 0 Å². The molecule has 0 aliphatic rings. The van der Waals surface area contributed by atoms with Crippen LogP contribution in [-0.4, -0.2) is 16.6 Å². The topological polar surface area (TPSA) is 98.6 Å². The van der Waals surface area contributed by atoms with Crippen LogP contribution in [0.15, 0.2) is 48.5 Å². The lowest BCUT2D eigenvalue weighted by Gasteiger charge is -2.13. The Morgan fingerprint density at radius 2 is 1.95 bits per heavy atom. The third-order valence-electron chi connectivity index (χ3n) is 3.04. The number of ether oxygens (including phenoxy) is 1. The van der Waals surface area contributed by atoms with Gasteiger partial charge in [-0.1, -0.05) is 36.4 Å². The van der Waals surface area contributed by atoms with Crippen molar-refractivity contribution in [1.29, 1.82) is 0 Å². The molecule has 0 saturated heterocycles. The van der Waals surface area contributed by atoms with Crippen LogP contribution in [0.1, 0.15) is 17.2 Å². The zero-order chi connectivity index (χ0) is 15.2. The Balaban J connectivity index is 2.13. The summed E-state index contributed by atoms with van der Waals surface area (Å²) < 4.78 is 5.41. The van der Waals surface area contributed by atoms with E-state index in [4.69, 9.17) is 10.5 Å². The first-order valence-electron chi connectivity index (χ1n) is 6.45. The van der Waals surface area contributed by atoms with Crippen molar-refractivity contribution in [2.24, 2.45) is 5.73 Å². The van der Waals surface area contributed by atoms with Gasteiger partial charge in [0.2, 0.25) is 0 Å². The summed E-state index contributed by atoms with van der Waals surface area (Å²) in [5.41, 5.74) is 6.79. The van der Waals surface area contributed by atoms with Gasteiger partial charge in [0.25, 0.3) is 0 Å². The van der Waals surface area contributed by atoms with Crippen LogP contribution in [0.4, 0.5) is 5.69 Å². The minimum absolute atomic E-state index is 0.0706. The van der Waals surface area contributed by atoms with Gasteiger partial charge in [-0.3, -0.25) is 10.1 Å². The smallest absolute Gasteiger partial charge is 0.310 e. The molecular weight excluding hydrogens is 272 g/mol. The van der Waals surface area contributed by atoms with Crippen molar-refractivity contribution < 1.29 is 14.8 Å². The highest BCUT2D eigenvalue weighted by Crippen LogP contribution is 2.29. The maximum atomic E-state index is 11.0. The standard InChI is InChI=1S/C15H16N2O4/c16-9-11-6-7-13(17(19)20)15(8-11)21-10-14(18)12-4-2-1-3-5-12/h1-8,14,18H,9-10,16H2. The number of aliphatic hydroxyl groups is 1. The molecule has 0 bridgehead atoms. The highest BCUT2D eigenvalue weighted by molar-refractivity contribution is 5.48. The summed E-state index contributed by atoms with van der Waals surface area (Å²) in [5, 5.41) is 21.0. The lowest BCUT2D eigenvalue weighted by atomic mass is 10.1. The molecule has 0 fully saturated rings. The van der Waals surface area contributed by atoms with E-state index < -0.39 is 11.0 Å². The predicted octanol–water partition coefficient (Wildman–Crippen LogP) is 2.17. The van der Waals surface area contributed by atoms with Gasteiger partial charge in [0.15, 0.2) is 5.75 Å². The number of rotatable bonds is 6. The molecule has 1 atom stereocenters. The van der Waals surface area contributed by atoms with Crippen LogP contribution >= 0.6 is 0 Å². The Kier molecular flexibility index (Phi) is 4.86. The van der Waals surface area contributed by atoms with Crippen molar-refractivity contribution in [2.45, 2.75) is 12.6 Å². The second-order valence-corrected chi connectivity index (χ2v) is 4.50. The molecule has 0 heterocycles. The van der Waals surface area contributed by atoms with Gasteiger partial charge in [0.05, 0.1) is 4.92 Å². The van der Waals surface area contributed by atoms with E-state index in [-0.39, 0.29) is 24.6 Å². The molecule has 2 aromatic rings. The first-order chi connectivity index (χ1) is 10.1. The first-order valence-corrected chi connectivity index (χ1v) is 6.45. The second-order valence-electron chi connectivity index (χ2n) is 4.50. The molecule has 3 N–H and O–H groups in total. The molecule has 0 aliphatic heterocycles. The fraction of sp³-hybridized carbons (Fsp3) is 0.200. The maximum Gasteiger partial charge on any atom is 0.310 e. The summed E-state index contributed by atoms with van der Waals surface area (Å²) in [6, 6.07) is 13.4. The van der Waals surface area contributed by atoms with Crippen molar-refractivity contribution >= 4 is 5.69 Å². The molecule has 21 heavy (non-hydrogen) atoms. The number of benzene rings is 2. The fourth-order valence-corrected chi connectivity index (χ4v) is 1.89. The summed E-state index contributed by atoms with van der Waals surface area (Å²) >= 11 is 0. The molecule has 6 nitrogen and oxygen atoms in total.